The van der Waals surface area contributed by atoms with E-state index in [4.69, 9.17) is 16.0 Å². The van der Waals surface area contributed by atoms with Gasteiger partial charge in [-0.15, -0.1) is 0 Å². The van der Waals surface area contributed by atoms with E-state index in [1.165, 1.54) is 0 Å². The number of aromatic nitrogens is 2. The highest BCUT2D eigenvalue weighted by Gasteiger charge is 2.09. The fourth-order valence-electron chi connectivity index (χ4n) is 0.899. The third-order valence-electron chi connectivity index (χ3n) is 1.44. The van der Waals surface area contributed by atoms with Crippen molar-refractivity contribution in [2.75, 3.05) is 0 Å². The van der Waals surface area contributed by atoms with Gasteiger partial charge in [-0.2, -0.15) is 0 Å². The second-order valence-corrected chi connectivity index (χ2v) is 3.54. The van der Waals surface area contributed by atoms with E-state index in [1.54, 1.807) is 24.6 Å². The Hall–Kier alpha value is -0.870. The molecule has 2 aromatic rings. The van der Waals surface area contributed by atoms with Crippen LogP contribution < -0.4 is 0 Å². The first-order valence-corrected chi connectivity index (χ1v) is 4.66. The monoisotopic (exact) mass is 258 g/mol. The van der Waals surface area contributed by atoms with Gasteiger partial charge in [0.1, 0.15) is 5.15 Å². The maximum atomic E-state index is 5.71. The van der Waals surface area contributed by atoms with E-state index in [1.807, 2.05) is 0 Å². The largest absolute Gasteiger partial charge is 0.460 e. The Morgan fingerprint density at radius 3 is 2.85 bits per heavy atom. The van der Waals surface area contributed by atoms with Gasteiger partial charge in [-0.1, -0.05) is 11.6 Å². The lowest BCUT2D eigenvalue weighted by Crippen LogP contribution is -1.86. The summed E-state index contributed by atoms with van der Waals surface area (Å²) < 4.78 is 5.99. The maximum absolute atomic E-state index is 5.71. The molecule has 5 heteroatoms. The molecule has 0 N–H and O–H groups in total. The summed E-state index contributed by atoms with van der Waals surface area (Å²) in [4.78, 5) is 8.03. The highest BCUT2D eigenvalue weighted by atomic mass is 79.9. The summed E-state index contributed by atoms with van der Waals surface area (Å²) in [5.74, 6) is 1.06. The van der Waals surface area contributed by atoms with Gasteiger partial charge >= 0.3 is 0 Å². The van der Waals surface area contributed by atoms with Crippen LogP contribution in [-0.2, 0) is 0 Å². The van der Waals surface area contributed by atoms with Gasteiger partial charge in [0.2, 0.25) is 0 Å². The van der Waals surface area contributed by atoms with Crippen molar-refractivity contribution in [2.24, 2.45) is 0 Å². The van der Waals surface area contributed by atoms with Crippen LogP contribution in [0.25, 0.3) is 11.6 Å². The molecule has 0 amide bonds. The lowest BCUT2D eigenvalue weighted by Gasteiger charge is -1.95. The van der Waals surface area contributed by atoms with Gasteiger partial charge in [0, 0.05) is 6.20 Å². The molecule has 0 radical (unpaired) electrons. The molecule has 2 rings (SSSR count). The molecular formula is C8H4BrClN2O. The number of nitrogens with zero attached hydrogens (tertiary/aromatic N) is 2. The van der Waals surface area contributed by atoms with Crippen molar-refractivity contribution in [2.45, 2.75) is 0 Å². The van der Waals surface area contributed by atoms with Gasteiger partial charge < -0.3 is 4.42 Å². The van der Waals surface area contributed by atoms with Crippen LogP contribution >= 0.6 is 27.5 Å². The first kappa shape index (κ1) is 8.72. The van der Waals surface area contributed by atoms with Gasteiger partial charge in [-0.25, -0.2) is 9.97 Å². The molecular weight excluding hydrogens is 255 g/mol. The van der Waals surface area contributed by atoms with Crippen LogP contribution in [0.15, 0.2) is 33.5 Å². The minimum absolute atomic E-state index is 0.397. The maximum Gasteiger partial charge on any atom is 0.198 e. The molecule has 2 heterocycles. The Kier molecular flexibility index (Phi) is 2.33. The summed E-state index contributed by atoms with van der Waals surface area (Å²) >= 11 is 9.02. The Bertz CT molecular complexity index is 430. The highest BCUT2D eigenvalue weighted by Crippen LogP contribution is 2.26. The van der Waals surface area contributed by atoms with Crippen LogP contribution in [0.3, 0.4) is 0 Å². The molecule has 0 aliphatic heterocycles. The summed E-state index contributed by atoms with van der Waals surface area (Å²) in [6.07, 6.45) is 3.14. The number of hydrogen-bond acceptors (Lipinski definition) is 3. The summed E-state index contributed by atoms with van der Waals surface area (Å²) in [6, 6.07) is 3.39. The molecule has 0 saturated carbocycles. The Labute approximate surface area is 87.9 Å². The Morgan fingerprint density at radius 1 is 1.38 bits per heavy atom. The quantitative estimate of drug-likeness (QED) is 0.739. The molecule has 0 bridgehead atoms. The van der Waals surface area contributed by atoms with Crippen LogP contribution in [0.4, 0.5) is 0 Å². The number of furan rings is 1. The topological polar surface area (TPSA) is 38.9 Å². The van der Waals surface area contributed by atoms with Crippen LogP contribution in [0.5, 0.6) is 0 Å². The minimum Gasteiger partial charge on any atom is -0.460 e. The summed E-state index contributed by atoms with van der Waals surface area (Å²) in [5.41, 5.74) is 0. The SMILES string of the molecule is Clc1ccnc(-c2occc2Br)n1. The van der Waals surface area contributed by atoms with Gasteiger partial charge in [0.05, 0.1) is 10.7 Å². The standard InChI is InChI=1S/C8H4BrClN2O/c9-5-2-4-13-7(5)8-11-3-1-6(10)12-8/h1-4H. The minimum atomic E-state index is 0.397. The van der Waals surface area contributed by atoms with E-state index in [0.717, 1.165) is 4.47 Å². The highest BCUT2D eigenvalue weighted by molar-refractivity contribution is 9.10. The molecule has 0 aliphatic carbocycles. The molecule has 2 aromatic heterocycles. The first-order chi connectivity index (χ1) is 6.27. The second-order valence-electron chi connectivity index (χ2n) is 2.30. The van der Waals surface area contributed by atoms with E-state index in [0.29, 0.717) is 16.7 Å². The molecule has 0 unspecified atom stereocenters. The van der Waals surface area contributed by atoms with E-state index in [-0.39, 0.29) is 0 Å². The number of halogens is 2. The molecule has 0 aromatic carbocycles. The molecule has 13 heavy (non-hydrogen) atoms. The van der Waals surface area contributed by atoms with Crippen LogP contribution in [0, 0.1) is 0 Å². The predicted molar refractivity (Wildman–Crippen MR) is 52.4 cm³/mol. The third kappa shape index (κ3) is 1.73. The van der Waals surface area contributed by atoms with Crippen molar-refractivity contribution in [3.63, 3.8) is 0 Å². The van der Waals surface area contributed by atoms with Crippen molar-refractivity contribution >= 4 is 27.5 Å². The first-order valence-electron chi connectivity index (χ1n) is 3.49. The van der Waals surface area contributed by atoms with Gasteiger partial charge in [0.25, 0.3) is 0 Å². The Balaban J connectivity index is 2.53. The van der Waals surface area contributed by atoms with Gasteiger partial charge in [-0.3, -0.25) is 0 Å². The second kappa shape index (κ2) is 3.47. The Morgan fingerprint density at radius 2 is 2.23 bits per heavy atom. The van der Waals surface area contributed by atoms with E-state index in [9.17, 15) is 0 Å². The zero-order valence-corrected chi connectivity index (χ0v) is 8.71. The van der Waals surface area contributed by atoms with Crippen LogP contribution in [0.2, 0.25) is 5.15 Å². The van der Waals surface area contributed by atoms with Crippen LogP contribution in [0.1, 0.15) is 0 Å². The lowest BCUT2D eigenvalue weighted by molar-refractivity contribution is 0.576. The molecule has 66 valence electrons. The molecule has 0 spiro atoms. The molecule has 3 nitrogen and oxygen atoms in total. The molecule has 0 saturated heterocycles. The summed E-state index contributed by atoms with van der Waals surface area (Å²) in [6.45, 7) is 0. The zero-order valence-electron chi connectivity index (χ0n) is 6.37. The molecule has 0 atom stereocenters. The van der Waals surface area contributed by atoms with Gasteiger partial charge in [-0.05, 0) is 28.1 Å². The average Bonchev–Trinajstić information content (AvgIpc) is 2.51. The predicted octanol–water partition coefficient (Wildman–Crippen LogP) is 3.15. The molecule has 0 fully saturated rings. The van der Waals surface area contributed by atoms with E-state index in [2.05, 4.69) is 25.9 Å². The van der Waals surface area contributed by atoms with E-state index >= 15 is 0 Å². The van der Waals surface area contributed by atoms with Crippen molar-refractivity contribution in [1.82, 2.24) is 9.97 Å². The average molecular weight is 259 g/mol. The summed E-state index contributed by atoms with van der Waals surface area (Å²) in [7, 11) is 0. The molecule has 0 aliphatic rings. The van der Waals surface area contributed by atoms with Gasteiger partial charge in [0.15, 0.2) is 11.6 Å². The summed E-state index contributed by atoms with van der Waals surface area (Å²) in [5, 5.41) is 0.397. The van der Waals surface area contributed by atoms with Crippen molar-refractivity contribution in [3.8, 4) is 11.6 Å². The smallest absolute Gasteiger partial charge is 0.198 e. The normalized spacial score (nSPS) is 10.3. The van der Waals surface area contributed by atoms with Crippen molar-refractivity contribution in [3.05, 3.63) is 34.2 Å². The van der Waals surface area contributed by atoms with E-state index < -0.39 is 0 Å². The third-order valence-corrected chi connectivity index (χ3v) is 2.28. The number of rotatable bonds is 1. The van der Waals surface area contributed by atoms with Crippen molar-refractivity contribution < 1.29 is 4.42 Å². The fourth-order valence-corrected chi connectivity index (χ4v) is 1.41. The fraction of sp³-hybridized carbons (Fsp3) is 0. The number of hydrogen-bond donors (Lipinski definition) is 0. The lowest BCUT2D eigenvalue weighted by atomic mass is 10.4. The van der Waals surface area contributed by atoms with Crippen molar-refractivity contribution in [1.29, 1.82) is 0 Å². The zero-order chi connectivity index (χ0) is 9.26. The van der Waals surface area contributed by atoms with Crippen LogP contribution in [-0.4, -0.2) is 9.97 Å².